The minimum Gasteiger partial charge on any atom is -0.394 e. The highest BCUT2D eigenvalue weighted by Crippen LogP contribution is 2.15. The number of rotatable bonds is 35. The van der Waals surface area contributed by atoms with Gasteiger partial charge in [0.15, 0.2) is 0 Å². The van der Waals surface area contributed by atoms with Gasteiger partial charge in [-0.25, -0.2) is 0 Å². The van der Waals surface area contributed by atoms with E-state index in [2.05, 4.69) is 43.5 Å². The Morgan fingerprint density at radius 2 is 0.932 bits per heavy atom. The van der Waals surface area contributed by atoms with Crippen LogP contribution >= 0.6 is 0 Å². The second kappa shape index (κ2) is 36.3. The van der Waals surface area contributed by atoms with Gasteiger partial charge in [-0.15, -0.1) is 0 Å². The quantitative estimate of drug-likeness (QED) is 0.0488. The number of hydrogen-bond acceptors (Lipinski definition) is 3. The molecule has 44 heavy (non-hydrogen) atoms. The maximum atomic E-state index is 12.3. The van der Waals surface area contributed by atoms with Crippen molar-refractivity contribution in [2.75, 3.05) is 6.61 Å². The fraction of sp³-hybridized carbons (Fsp3) is 0.875. The summed E-state index contributed by atoms with van der Waals surface area (Å²) in [5.74, 6) is -0.0452. The molecule has 0 aliphatic rings. The van der Waals surface area contributed by atoms with Gasteiger partial charge < -0.3 is 15.5 Å². The first-order valence-corrected chi connectivity index (χ1v) is 19.5. The van der Waals surface area contributed by atoms with Gasteiger partial charge in [0.1, 0.15) is 0 Å². The summed E-state index contributed by atoms with van der Waals surface area (Å²) in [4.78, 5) is 12.3. The van der Waals surface area contributed by atoms with E-state index in [-0.39, 0.29) is 12.5 Å². The van der Waals surface area contributed by atoms with Crippen LogP contribution in [-0.2, 0) is 4.79 Å². The Balaban J connectivity index is 3.56. The molecule has 0 aliphatic carbocycles. The van der Waals surface area contributed by atoms with Gasteiger partial charge in [0.05, 0.1) is 18.8 Å². The molecule has 0 saturated carbocycles. The average Bonchev–Trinajstić information content (AvgIpc) is 3.03. The zero-order chi connectivity index (χ0) is 32.2. The molecule has 0 aromatic carbocycles. The van der Waals surface area contributed by atoms with Gasteiger partial charge in [0, 0.05) is 6.42 Å². The van der Waals surface area contributed by atoms with E-state index in [0.29, 0.717) is 12.8 Å². The van der Waals surface area contributed by atoms with Crippen LogP contribution in [0.15, 0.2) is 24.3 Å². The fourth-order valence-corrected chi connectivity index (χ4v) is 5.92. The van der Waals surface area contributed by atoms with Crippen LogP contribution in [0.25, 0.3) is 0 Å². The van der Waals surface area contributed by atoms with Crippen molar-refractivity contribution in [1.82, 2.24) is 5.32 Å². The SMILES string of the molecule is CCCCC/C=C\C/C=C\CCCCCCCC(=O)NC(CO)C(O)CCCCCCCCCCCCCCCCCCC. The fourth-order valence-electron chi connectivity index (χ4n) is 5.92. The van der Waals surface area contributed by atoms with Crippen LogP contribution in [-0.4, -0.2) is 34.9 Å². The smallest absolute Gasteiger partial charge is 0.220 e. The molecule has 4 heteroatoms. The number of unbranched alkanes of at least 4 members (excludes halogenated alkanes) is 24. The van der Waals surface area contributed by atoms with E-state index in [9.17, 15) is 15.0 Å². The molecule has 0 radical (unpaired) electrons. The Morgan fingerprint density at radius 3 is 1.41 bits per heavy atom. The largest absolute Gasteiger partial charge is 0.394 e. The summed E-state index contributed by atoms with van der Waals surface area (Å²) in [5, 5.41) is 23.1. The van der Waals surface area contributed by atoms with E-state index < -0.39 is 12.1 Å². The van der Waals surface area contributed by atoms with E-state index in [4.69, 9.17) is 0 Å². The average molecular weight is 620 g/mol. The molecule has 0 aromatic heterocycles. The molecule has 3 N–H and O–H groups in total. The number of nitrogens with one attached hydrogen (secondary N) is 1. The molecule has 0 aromatic rings. The lowest BCUT2D eigenvalue weighted by Gasteiger charge is -2.22. The van der Waals surface area contributed by atoms with E-state index in [1.807, 2.05) is 0 Å². The molecule has 0 saturated heterocycles. The van der Waals surface area contributed by atoms with E-state index in [1.54, 1.807) is 0 Å². The molecule has 0 heterocycles. The van der Waals surface area contributed by atoms with Crippen molar-refractivity contribution >= 4 is 5.91 Å². The lowest BCUT2D eigenvalue weighted by Crippen LogP contribution is -2.45. The van der Waals surface area contributed by atoms with Gasteiger partial charge >= 0.3 is 0 Å². The normalized spacial score (nSPS) is 13.3. The summed E-state index contributed by atoms with van der Waals surface area (Å²) < 4.78 is 0. The van der Waals surface area contributed by atoms with Crippen LogP contribution in [0.3, 0.4) is 0 Å². The third-order valence-electron chi connectivity index (χ3n) is 8.97. The standard InChI is InChI=1S/C40H77NO3/c1-3-5-7-9-11-13-15-17-19-20-22-23-25-27-29-31-33-35-39(43)38(37-42)41-40(44)36-34-32-30-28-26-24-21-18-16-14-12-10-8-6-4-2/h12,14,18,21,38-39,42-43H,3-11,13,15-17,19-20,22-37H2,1-2H3,(H,41,44)/b14-12-,21-18-. The monoisotopic (exact) mass is 620 g/mol. The highest BCUT2D eigenvalue weighted by atomic mass is 16.3. The summed E-state index contributed by atoms with van der Waals surface area (Å²) in [5.41, 5.74) is 0. The summed E-state index contributed by atoms with van der Waals surface area (Å²) in [7, 11) is 0. The van der Waals surface area contributed by atoms with E-state index in [0.717, 1.165) is 44.9 Å². The third kappa shape index (κ3) is 32.3. The zero-order valence-electron chi connectivity index (χ0n) is 29.7. The van der Waals surface area contributed by atoms with Gasteiger partial charge in [-0.1, -0.05) is 179 Å². The molecule has 2 unspecified atom stereocenters. The number of amides is 1. The molecule has 0 spiro atoms. The number of aliphatic hydroxyl groups is 2. The van der Waals surface area contributed by atoms with Gasteiger partial charge in [-0.2, -0.15) is 0 Å². The van der Waals surface area contributed by atoms with Crippen LogP contribution < -0.4 is 5.32 Å². The van der Waals surface area contributed by atoms with Crippen LogP contribution in [0.2, 0.25) is 0 Å². The predicted octanol–water partition coefficient (Wildman–Crippen LogP) is 11.7. The van der Waals surface area contributed by atoms with Crippen molar-refractivity contribution in [3.63, 3.8) is 0 Å². The first kappa shape index (κ1) is 42.9. The third-order valence-corrected chi connectivity index (χ3v) is 8.97. The van der Waals surface area contributed by atoms with E-state index >= 15 is 0 Å². The summed E-state index contributed by atoms with van der Waals surface area (Å²) in [6, 6.07) is -0.540. The molecule has 1 amide bonds. The minimum absolute atomic E-state index is 0.0452. The van der Waals surface area contributed by atoms with Gasteiger partial charge in [0.25, 0.3) is 0 Å². The Morgan fingerprint density at radius 1 is 0.545 bits per heavy atom. The molecule has 0 fully saturated rings. The molecule has 0 rings (SSSR count). The Kier molecular flexibility index (Phi) is 35.4. The van der Waals surface area contributed by atoms with Crippen molar-refractivity contribution in [3.8, 4) is 0 Å². The van der Waals surface area contributed by atoms with E-state index in [1.165, 1.54) is 135 Å². The van der Waals surface area contributed by atoms with Crippen LogP contribution in [0.1, 0.15) is 206 Å². The number of aliphatic hydroxyl groups excluding tert-OH is 2. The Bertz CT molecular complexity index is 632. The highest BCUT2D eigenvalue weighted by Gasteiger charge is 2.19. The molecule has 2 atom stereocenters. The highest BCUT2D eigenvalue weighted by molar-refractivity contribution is 5.76. The molecule has 4 nitrogen and oxygen atoms in total. The van der Waals surface area contributed by atoms with Crippen molar-refractivity contribution < 1.29 is 15.0 Å². The van der Waals surface area contributed by atoms with Crippen molar-refractivity contribution in [3.05, 3.63) is 24.3 Å². The van der Waals surface area contributed by atoms with Crippen LogP contribution in [0.4, 0.5) is 0 Å². The summed E-state index contributed by atoms with van der Waals surface area (Å²) in [6.07, 6.45) is 45.2. The van der Waals surface area contributed by atoms with Crippen LogP contribution in [0.5, 0.6) is 0 Å². The number of hydrogen-bond donors (Lipinski definition) is 3. The van der Waals surface area contributed by atoms with Crippen molar-refractivity contribution in [2.45, 2.75) is 219 Å². The maximum absolute atomic E-state index is 12.3. The summed E-state index contributed by atoms with van der Waals surface area (Å²) in [6.45, 7) is 4.32. The zero-order valence-corrected chi connectivity index (χ0v) is 29.7. The first-order valence-electron chi connectivity index (χ1n) is 19.5. The first-order chi connectivity index (χ1) is 21.7. The Labute approximate surface area is 275 Å². The maximum Gasteiger partial charge on any atom is 0.220 e. The van der Waals surface area contributed by atoms with Crippen LogP contribution in [0, 0.1) is 0 Å². The molecule has 260 valence electrons. The molecular formula is C40H77NO3. The predicted molar refractivity (Wildman–Crippen MR) is 193 cm³/mol. The second-order valence-electron chi connectivity index (χ2n) is 13.4. The second-order valence-corrected chi connectivity index (χ2v) is 13.4. The topological polar surface area (TPSA) is 69.6 Å². The minimum atomic E-state index is -0.662. The number of carbonyl (C=O) groups excluding carboxylic acids is 1. The molecule has 0 bridgehead atoms. The number of allylic oxidation sites excluding steroid dienone is 4. The Hall–Kier alpha value is -1.13. The van der Waals surface area contributed by atoms with Gasteiger partial charge in [-0.05, 0) is 44.9 Å². The summed E-state index contributed by atoms with van der Waals surface area (Å²) >= 11 is 0. The van der Waals surface area contributed by atoms with Gasteiger partial charge in [0.2, 0.25) is 5.91 Å². The lowest BCUT2D eigenvalue weighted by atomic mass is 10.0. The molecular weight excluding hydrogens is 542 g/mol. The van der Waals surface area contributed by atoms with Crippen molar-refractivity contribution in [1.29, 1.82) is 0 Å². The lowest BCUT2D eigenvalue weighted by molar-refractivity contribution is -0.123. The molecule has 0 aliphatic heterocycles. The van der Waals surface area contributed by atoms with Gasteiger partial charge in [-0.3, -0.25) is 4.79 Å². The van der Waals surface area contributed by atoms with Crippen molar-refractivity contribution in [2.24, 2.45) is 0 Å². The number of carbonyl (C=O) groups is 1.